The van der Waals surface area contributed by atoms with Crippen LogP contribution in [0.3, 0.4) is 0 Å². The Kier molecular flexibility index (Phi) is 3.57. The van der Waals surface area contributed by atoms with Crippen LogP contribution in [0.5, 0.6) is 11.5 Å². The largest absolute Gasteiger partial charge is 0.504 e. The number of carbonyl (C=O) groups excluding carboxylic acids is 1. The molecule has 1 aliphatic heterocycles. The van der Waals surface area contributed by atoms with Crippen LogP contribution in [0.1, 0.15) is 36.5 Å². The second kappa shape index (κ2) is 5.03. The molecule has 2 rings (SSSR count). The van der Waals surface area contributed by atoms with Crippen molar-refractivity contribution in [2.45, 2.75) is 31.7 Å². The Morgan fingerprint density at radius 2 is 1.90 bits per heavy atom. The fourth-order valence-electron chi connectivity index (χ4n) is 2.48. The number of aliphatic carboxylic acids is 1. The van der Waals surface area contributed by atoms with Gasteiger partial charge < -0.3 is 20.2 Å². The maximum atomic E-state index is 12.5. The molecule has 1 saturated heterocycles. The lowest BCUT2D eigenvalue weighted by atomic mass is 9.88. The lowest BCUT2D eigenvalue weighted by Gasteiger charge is -2.41. The van der Waals surface area contributed by atoms with Gasteiger partial charge in [0, 0.05) is 12.1 Å². The molecule has 108 valence electrons. The molecule has 0 saturated carbocycles. The van der Waals surface area contributed by atoms with Gasteiger partial charge in [-0.2, -0.15) is 0 Å². The second-order valence-corrected chi connectivity index (χ2v) is 5.20. The fourth-order valence-corrected chi connectivity index (χ4v) is 2.48. The molecule has 1 amide bonds. The summed E-state index contributed by atoms with van der Waals surface area (Å²) in [6.07, 6.45) is 1.91. The number of hydrogen-bond acceptors (Lipinski definition) is 4. The number of phenols is 2. The van der Waals surface area contributed by atoms with E-state index in [1.165, 1.54) is 24.0 Å². The molecule has 0 aromatic heterocycles. The number of nitrogens with zero attached hydrogens (tertiary/aromatic N) is 1. The number of amides is 1. The fraction of sp³-hybridized carbons (Fsp3) is 0.429. The number of rotatable bonds is 2. The van der Waals surface area contributed by atoms with Gasteiger partial charge in [0.2, 0.25) is 0 Å². The zero-order valence-corrected chi connectivity index (χ0v) is 11.2. The summed E-state index contributed by atoms with van der Waals surface area (Å²) < 4.78 is 0. The summed E-state index contributed by atoms with van der Waals surface area (Å²) in [5.41, 5.74) is -1.07. The maximum absolute atomic E-state index is 12.5. The van der Waals surface area contributed by atoms with Crippen molar-refractivity contribution >= 4 is 11.9 Å². The molecule has 1 heterocycles. The molecule has 1 atom stereocenters. The number of piperidine rings is 1. The summed E-state index contributed by atoms with van der Waals surface area (Å²) in [7, 11) is 0. The van der Waals surface area contributed by atoms with Crippen molar-refractivity contribution in [2.24, 2.45) is 0 Å². The summed E-state index contributed by atoms with van der Waals surface area (Å²) >= 11 is 0. The van der Waals surface area contributed by atoms with Crippen LogP contribution < -0.4 is 0 Å². The van der Waals surface area contributed by atoms with Crippen LogP contribution in [0, 0.1) is 0 Å². The Bertz CT molecular complexity index is 556. The van der Waals surface area contributed by atoms with Crippen molar-refractivity contribution in [1.82, 2.24) is 4.90 Å². The highest BCUT2D eigenvalue weighted by Gasteiger charge is 2.44. The van der Waals surface area contributed by atoms with Crippen LogP contribution >= 0.6 is 0 Å². The van der Waals surface area contributed by atoms with E-state index in [-0.39, 0.29) is 11.3 Å². The third kappa shape index (κ3) is 2.29. The van der Waals surface area contributed by atoms with E-state index >= 15 is 0 Å². The van der Waals surface area contributed by atoms with Crippen molar-refractivity contribution in [3.63, 3.8) is 0 Å². The Balaban J connectivity index is 2.35. The van der Waals surface area contributed by atoms with Crippen molar-refractivity contribution in [3.05, 3.63) is 23.8 Å². The number of likely N-dealkylation sites (tertiary alicyclic amines) is 1. The number of carbonyl (C=O) groups is 2. The molecule has 0 aliphatic carbocycles. The van der Waals surface area contributed by atoms with Crippen LogP contribution in [-0.2, 0) is 4.79 Å². The zero-order chi connectivity index (χ0) is 14.9. The molecule has 1 fully saturated rings. The van der Waals surface area contributed by atoms with Crippen molar-refractivity contribution in [3.8, 4) is 11.5 Å². The summed E-state index contributed by atoms with van der Waals surface area (Å²) in [6.45, 7) is 1.90. The zero-order valence-electron chi connectivity index (χ0n) is 11.2. The van der Waals surface area contributed by atoms with E-state index in [0.29, 0.717) is 13.0 Å². The van der Waals surface area contributed by atoms with Gasteiger partial charge in [-0.15, -0.1) is 0 Å². The van der Waals surface area contributed by atoms with Gasteiger partial charge in [-0.05, 0) is 44.4 Å². The quantitative estimate of drug-likeness (QED) is 0.714. The molecule has 0 spiro atoms. The molecule has 3 N–H and O–H groups in total. The Hall–Kier alpha value is -2.24. The highest BCUT2D eigenvalue weighted by atomic mass is 16.4. The third-order valence-corrected chi connectivity index (χ3v) is 3.82. The molecule has 20 heavy (non-hydrogen) atoms. The van der Waals surface area contributed by atoms with E-state index in [9.17, 15) is 24.9 Å². The van der Waals surface area contributed by atoms with Gasteiger partial charge in [-0.3, -0.25) is 4.79 Å². The van der Waals surface area contributed by atoms with E-state index < -0.39 is 23.2 Å². The molecule has 0 radical (unpaired) electrons. The molecule has 1 aliphatic rings. The standard InChI is InChI=1S/C14H17NO5/c1-14(13(19)20)6-2-3-7-15(14)12(18)9-4-5-10(16)11(17)8-9/h4-5,8,16-17H,2-3,6-7H2,1H3,(H,19,20). The van der Waals surface area contributed by atoms with Crippen molar-refractivity contribution < 1.29 is 24.9 Å². The van der Waals surface area contributed by atoms with Crippen LogP contribution in [0.15, 0.2) is 18.2 Å². The van der Waals surface area contributed by atoms with Crippen molar-refractivity contribution in [1.29, 1.82) is 0 Å². The van der Waals surface area contributed by atoms with E-state index in [2.05, 4.69) is 0 Å². The van der Waals surface area contributed by atoms with Crippen LogP contribution in [0.4, 0.5) is 0 Å². The molecule has 6 heteroatoms. The monoisotopic (exact) mass is 279 g/mol. The highest BCUT2D eigenvalue weighted by Crippen LogP contribution is 2.31. The lowest BCUT2D eigenvalue weighted by Crippen LogP contribution is -2.57. The summed E-state index contributed by atoms with van der Waals surface area (Å²) in [6, 6.07) is 3.73. The molecule has 1 unspecified atom stereocenters. The van der Waals surface area contributed by atoms with Crippen LogP contribution in [0.25, 0.3) is 0 Å². The van der Waals surface area contributed by atoms with Gasteiger partial charge in [0.25, 0.3) is 5.91 Å². The predicted molar refractivity (Wildman–Crippen MR) is 70.7 cm³/mol. The predicted octanol–water partition coefficient (Wildman–Crippen LogP) is 1.57. The minimum Gasteiger partial charge on any atom is -0.504 e. The minimum atomic E-state index is -1.23. The smallest absolute Gasteiger partial charge is 0.329 e. The average Bonchev–Trinajstić information content (AvgIpc) is 2.41. The van der Waals surface area contributed by atoms with E-state index in [1.54, 1.807) is 0 Å². The van der Waals surface area contributed by atoms with Gasteiger partial charge in [-0.25, -0.2) is 4.79 Å². The average molecular weight is 279 g/mol. The van der Waals surface area contributed by atoms with Gasteiger partial charge in [0.15, 0.2) is 11.5 Å². The van der Waals surface area contributed by atoms with Crippen LogP contribution in [0.2, 0.25) is 0 Å². The van der Waals surface area contributed by atoms with Gasteiger partial charge in [-0.1, -0.05) is 0 Å². The lowest BCUT2D eigenvalue weighted by molar-refractivity contribution is -0.150. The summed E-state index contributed by atoms with van der Waals surface area (Å²) in [5.74, 6) is -2.20. The second-order valence-electron chi connectivity index (χ2n) is 5.20. The van der Waals surface area contributed by atoms with Crippen LogP contribution in [-0.4, -0.2) is 44.2 Å². The number of hydrogen-bond donors (Lipinski definition) is 3. The van der Waals surface area contributed by atoms with E-state index in [0.717, 1.165) is 18.9 Å². The normalized spacial score (nSPS) is 22.6. The summed E-state index contributed by atoms with van der Waals surface area (Å²) in [5, 5.41) is 28.1. The van der Waals surface area contributed by atoms with E-state index in [4.69, 9.17) is 0 Å². The Morgan fingerprint density at radius 3 is 2.50 bits per heavy atom. The maximum Gasteiger partial charge on any atom is 0.329 e. The van der Waals surface area contributed by atoms with Gasteiger partial charge in [0.05, 0.1) is 0 Å². The third-order valence-electron chi connectivity index (χ3n) is 3.82. The minimum absolute atomic E-state index is 0.162. The molecule has 1 aromatic carbocycles. The molecule has 0 bridgehead atoms. The topological polar surface area (TPSA) is 98.1 Å². The SMILES string of the molecule is CC1(C(=O)O)CCCCN1C(=O)c1ccc(O)c(O)c1. The Morgan fingerprint density at radius 1 is 1.20 bits per heavy atom. The highest BCUT2D eigenvalue weighted by molar-refractivity contribution is 5.98. The van der Waals surface area contributed by atoms with Gasteiger partial charge >= 0.3 is 5.97 Å². The summed E-state index contributed by atoms with van der Waals surface area (Å²) in [4.78, 5) is 25.2. The first-order valence-electron chi connectivity index (χ1n) is 6.43. The Labute approximate surface area is 116 Å². The molecular formula is C14H17NO5. The molecule has 6 nitrogen and oxygen atoms in total. The van der Waals surface area contributed by atoms with Crippen molar-refractivity contribution in [2.75, 3.05) is 6.54 Å². The number of aromatic hydroxyl groups is 2. The van der Waals surface area contributed by atoms with Gasteiger partial charge in [0.1, 0.15) is 5.54 Å². The first-order chi connectivity index (χ1) is 9.36. The first kappa shape index (κ1) is 14.2. The van der Waals surface area contributed by atoms with E-state index in [1.807, 2.05) is 0 Å². The number of carboxylic acids is 1. The number of carboxylic acid groups (broad SMARTS) is 1. The first-order valence-corrected chi connectivity index (χ1v) is 6.43. The number of benzene rings is 1. The molecular weight excluding hydrogens is 262 g/mol. The number of phenolic OH excluding ortho intramolecular Hbond substituents is 2. The molecule has 1 aromatic rings.